The third-order valence-electron chi connectivity index (χ3n) is 6.17. The zero-order valence-corrected chi connectivity index (χ0v) is 21.0. The number of benzene rings is 3. The molecule has 0 aromatic heterocycles. The molecule has 182 valence electrons. The van der Waals surface area contributed by atoms with Crippen molar-refractivity contribution in [1.29, 1.82) is 0 Å². The number of hydrogen-bond acceptors (Lipinski definition) is 5. The van der Waals surface area contributed by atoms with Gasteiger partial charge in [0, 0.05) is 11.3 Å². The first-order chi connectivity index (χ1) is 16.1. The van der Waals surface area contributed by atoms with Gasteiger partial charge in [-0.05, 0) is 60.6 Å². The van der Waals surface area contributed by atoms with Crippen molar-refractivity contribution in [2.24, 2.45) is 0 Å². The van der Waals surface area contributed by atoms with Crippen molar-refractivity contribution < 1.29 is 18.6 Å². The standard InChI is InChI=1S/C27H34N2O4S/c1-5-20-12-13-22(17-21(20)6-2)25(16-19-10-8-7-9-11-19)29(34(4,32)33)24-15-14-23(28)26(18(3)30)27(24)31/h7-15,17-18,25,30-31H,5-6,16,28H2,1-4H3. The van der Waals surface area contributed by atoms with E-state index >= 15 is 0 Å². The van der Waals surface area contributed by atoms with Gasteiger partial charge >= 0.3 is 0 Å². The molecule has 0 saturated heterocycles. The molecule has 34 heavy (non-hydrogen) atoms. The molecule has 2 unspecified atom stereocenters. The van der Waals surface area contributed by atoms with Crippen molar-refractivity contribution in [3.63, 3.8) is 0 Å². The second-order valence-electron chi connectivity index (χ2n) is 8.61. The van der Waals surface area contributed by atoms with Crippen molar-refractivity contribution in [2.45, 2.75) is 52.2 Å². The number of aliphatic hydroxyl groups is 1. The van der Waals surface area contributed by atoms with Crippen LogP contribution in [0, 0.1) is 0 Å². The Hall–Kier alpha value is -3.03. The van der Waals surface area contributed by atoms with E-state index in [9.17, 15) is 18.6 Å². The molecule has 0 bridgehead atoms. The summed E-state index contributed by atoms with van der Waals surface area (Å²) in [5, 5.41) is 21.3. The minimum absolute atomic E-state index is 0.0890. The Balaban J connectivity index is 2.28. The van der Waals surface area contributed by atoms with Crippen LogP contribution in [0.25, 0.3) is 0 Å². The number of rotatable bonds is 9. The lowest BCUT2D eigenvalue weighted by Crippen LogP contribution is -2.35. The molecule has 2 atom stereocenters. The lowest BCUT2D eigenvalue weighted by molar-refractivity contribution is 0.196. The fourth-order valence-corrected chi connectivity index (χ4v) is 5.67. The molecule has 0 heterocycles. The number of nitrogens with two attached hydrogens (primary N) is 1. The van der Waals surface area contributed by atoms with Crippen LogP contribution < -0.4 is 10.0 Å². The zero-order chi connectivity index (χ0) is 25.0. The van der Waals surface area contributed by atoms with E-state index in [1.165, 1.54) is 28.9 Å². The molecule has 0 spiro atoms. The van der Waals surface area contributed by atoms with Gasteiger partial charge in [-0.3, -0.25) is 4.31 Å². The van der Waals surface area contributed by atoms with Crippen LogP contribution in [0.1, 0.15) is 60.7 Å². The van der Waals surface area contributed by atoms with Crippen molar-refractivity contribution in [3.8, 4) is 5.75 Å². The molecule has 0 radical (unpaired) electrons. The molecule has 4 N–H and O–H groups in total. The molecule has 7 heteroatoms. The second kappa shape index (κ2) is 10.5. The van der Waals surface area contributed by atoms with Crippen LogP contribution in [0.3, 0.4) is 0 Å². The largest absolute Gasteiger partial charge is 0.505 e. The number of aromatic hydroxyl groups is 1. The van der Waals surface area contributed by atoms with Crippen LogP contribution in [0.4, 0.5) is 11.4 Å². The normalized spacial score (nSPS) is 13.4. The van der Waals surface area contributed by atoms with E-state index in [-0.39, 0.29) is 22.7 Å². The van der Waals surface area contributed by atoms with Gasteiger partial charge in [0.15, 0.2) is 0 Å². The maximum Gasteiger partial charge on any atom is 0.232 e. The Labute approximate surface area is 202 Å². The third-order valence-corrected chi connectivity index (χ3v) is 7.34. The summed E-state index contributed by atoms with van der Waals surface area (Å²) in [5.74, 6) is -0.334. The lowest BCUT2D eigenvalue weighted by Gasteiger charge is -2.34. The van der Waals surface area contributed by atoms with Gasteiger partial charge in [0.2, 0.25) is 10.0 Å². The molecule has 0 aliphatic carbocycles. The van der Waals surface area contributed by atoms with Crippen molar-refractivity contribution in [3.05, 3.63) is 88.5 Å². The van der Waals surface area contributed by atoms with Crippen molar-refractivity contribution in [2.75, 3.05) is 16.3 Å². The molecular formula is C27H34N2O4S. The molecule has 0 aliphatic rings. The van der Waals surface area contributed by atoms with Gasteiger partial charge in [-0.25, -0.2) is 8.42 Å². The highest BCUT2D eigenvalue weighted by atomic mass is 32.2. The Morgan fingerprint density at radius 2 is 1.62 bits per heavy atom. The maximum atomic E-state index is 13.3. The Morgan fingerprint density at radius 3 is 2.18 bits per heavy atom. The molecule has 0 amide bonds. The summed E-state index contributed by atoms with van der Waals surface area (Å²) in [6, 6.07) is 18.1. The van der Waals surface area contributed by atoms with Crippen LogP contribution in [0.15, 0.2) is 60.7 Å². The van der Waals surface area contributed by atoms with Crippen LogP contribution in [-0.4, -0.2) is 24.9 Å². The summed E-state index contributed by atoms with van der Waals surface area (Å²) in [4.78, 5) is 0. The molecule has 6 nitrogen and oxygen atoms in total. The summed E-state index contributed by atoms with van der Waals surface area (Å²) in [5.41, 5.74) is 10.6. The molecule has 0 fully saturated rings. The number of phenols is 1. The molecular weight excluding hydrogens is 448 g/mol. The SMILES string of the molecule is CCc1ccc(C(Cc2ccccc2)N(c2ccc(N)c(C(C)O)c2O)S(C)(=O)=O)cc1CC. The number of sulfonamides is 1. The predicted octanol–water partition coefficient (Wildman–Crippen LogP) is 4.90. The number of aryl methyl sites for hydroxylation is 2. The highest BCUT2D eigenvalue weighted by Crippen LogP contribution is 2.43. The Kier molecular flexibility index (Phi) is 7.89. The quantitative estimate of drug-likeness (QED) is 0.376. The van der Waals surface area contributed by atoms with Gasteiger partial charge in [-0.2, -0.15) is 0 Å². The van der Waals surface area contributed by atoms with Crippen LogP contribution in [0.2, 0.25) is 0 Å². The van der Waals surface area contributed by atoms with Crippen LogP contribution >= 0.6 is 0 Å². The molecule has 0 saturated carbocycles. The molecule has 3 aromatic rings. The lowest BCUT2D eigenvalue weighted by atomic mass is 9.93. The van der Waals surface area contributed by atoms with Gasteiger partial charge in [-0.1, -0.05) is 62.4 Å². The minimum atomic E-state index is -3.85. The van der Waals surface area contributed by atoms with Gasteiger partial charge in [0.05, 0.1) is 24.1 Å². The topological polar surface area (TPSA) is 104 Å². The number of nitrogen functional groups attached to an aromatic ring is 1. The van der Waals surface area contributed by atoms with Crippen molar-refractivity contribution in [1.82, 2.24) is 0 Å². The molecule has 3 rings (SSSR count). The summed E-state index contributed by atoms with van der Waals surface area (Å²) in [7, 11) is -3.85. The number of aliphatic hydroxyl groups excluding tert-OH is 1. The first-order valence-corrected chi connectivity index (χ1v) is 13.4. The summed E-state index contributed by atoms with van der Waals surface area (Å²) >= 11 is 0. The minimum Gasteiger partial charge on any atom is -0.505 e. The molecule has 3 aromatic carbocycles. The summed E-state index contributed by atoms with van der Waals surface area (Å²) in [6.45, 7) is 5.67. The first kappa shape index (κ1) is 25.6. The zero-order valence-electron chi connectivity index (χ0n) is 20.2. The monoisotopic (exact) mass is 482 g/mol. The van der Waals surface area contributed by atoms with E-state index in [1.54, 1.807) is 0 Å². The van der Waals surface area contributed by atoms with Gasteiger partial charge < -0.3 is 15.9 Å². The van der Waals surface area contributed by atoms with E-state index < -0.39 is 22.2 Å². The third kappa shape index (κ3) is 5.37. The van der Waals surface area contributed by atoms with Crippen LogP contribution in [0.5, 0.6) is 5.75 Å². The van der Waals surface area contributed by atoms with Gasteiger partial charge in [-0.15, -0.1) is 0 Å². The van der Waals surface area contributed by atoms with E-state index in [0.717, 1.165) is 35.8 Å². The van der Waals surface area contributed by atoms with Crippen LogP contribution in [-0.2, 0) is 29.3 Å². The highest BCUT2D eigenvalue weighted by molar-refractivity contribution is 7.92. The Morgan fingerprint density at radius 1 is 0.971 bits per heavy atom. The van der Waals surface area contributed by atoms with E-state index in [4.69, 9.17) is 5.73 Å². The average Bonchev–Trinajstić information content (AvgIpc) is 2.79. The van der Waals surface area contributed by atoms with Gasteiger partial charge in [0.25, 0.3) is 0 Å². The second-order valence-corrected chi connectivity index (χ2v) is 10.5. The summed E-state index contributed by atoms with van der Waals surface area (Å²) < 4.78 is 27.8. The van der Waals surface area contributed by atoms with Gasteiger partial charge in [0.1, 0.15) is 5.75 Å². The number of nitrogens with zero attached hydrogens (tertiary/aromatic N) is 1. The predicted molar refractivity (Wildman–Crippen MR) is 139 cm³/mol. The van der Waals surface area contributed by atoms with Crippen molar-refractivity contribution >= 4 is 21.4 Å². The number of phenolic OH excluding ortho intramolecular Hbond substituents is 1. The maximum absolute atomic E-state index is 13.3. The average molecular weight is 483 g/mol. The van der Waals surface area contributed by atoms with E-state index in [2.05, 4.69) is 26.0 Å². The number of anilines is 2. The molecule has 0 aliphatic heterocycles. The fourth-order valence-electron chi connectivity index (χ4n) is 4.51. The highest BCUT2D eigenvalue weighted by Gasteiger charge is 2.32. The summed E-state index contributed by atoms with van der Waals surface area (Å²) in [6.07, 6.45) is 2.18. The first-order valence-electron chi connectivity index (χ1n) is 11.5. The van der Waals surface area contributed by atoms with E-state index in [0.29, 0.717) is 6.42 Å². The Bertz CT molecular complexity index is 1240. The fraction of sp³-hybridized carbons (Fsp3) is 0.333. The number of hydrogen-bond donors (Lipinski definition) is 3. The smallest absolute Gasteiger partial charge is 0.232 e. The van der Waals surface area contributed by atoms with E-state index in [1.807, 2.05) is 36.4 Å².